The number of fused-ring (bicyclic) bond motifs is 1. The van der Waals surface area contributed by atoms with Crippen LogP contribution in [0, 0.1) is 11.8 Å². The smallest absolute Gasteiger partial charge is 0.326 e. The molecule has 1 N–H and O–H groups in total. The van der Waals surface area contributed by atoms with Crippen molar-refractivity contribution in [3.05, 3.63) is 29.8 Å². The molecule has 0 aromatic heterocycles. The maximum atomic E-state index is 12.3. The average molecular weight is 388 g/mol. The highest BCUT2D eigenvalue weighted by Gasteiger charge is 2.48. The SMILES string of the molecule is COc1ccc(CNC(=O)COC(=O)CN2C(=O)[C@H]3CCCC[C@@H]3C2=O)cc1. The normalized spacial score (nSPS) is 21.2. The second-order valence-electron chi connectivity index (χ2n) is 7.05. The van der Waals surface area contributed by atoms with Crippen LogP contribution < -0.4 is 10.1 Å². The summed E-state index contributed by atoms with van der Waals surface area (Å²) in [5, 5.41) is 2.64. The number of carbonyl (C=O) groups excluding carboxylic acids is 4. The molecule has 150 valence electrons. The fourth-order valence-corrected chi connectivity index (χ4v) is 3.70. The summed E-state index contributed by atoms with van der Waals surface area (Å²) in [6.07, 6.45) is 3.22. The minimum atomic E-state index is -0.764. The van der Waals surface area contributed by atoms with Gasteiger partial charge in [0, 0.05) is 6.54 Å². The lowest BCUT2D eigenvalue weighted by molar-refractivity contribution is -0.154. The van der Waals surface area contributed by atoms with Gasteiger partial charge in [-0.25, -0.2) is 0 Å². The number of ether oxygens (including phenoxy) is 2. The fourth-order valence-electron chi connectivity index (χ4n) is 3.70. The number of hydrogen-bond acceptors (Lipinski definition) is 6. The Morgan fingerprint density at radius 2 is 1.68 bits per heavy atom. The zero-order chi connectivity index (χ0) is 20.1. The Labute approximate surface area is 163 Å². The third-order valence-electron chi connectivity index (χ3n) is 5.23. The van der Waals surface area contributed by atoms with Gasteiger partial charge in [0.25, 0.3) is 5.91 Å². The molecule has 2 fully saturated rings. The first-order valence-electron chi connectivity index (χ1n) is 9.40. The number of nitrogens with one attached hydrogen (secondary N) is 1. The van der Waals surface area contributed by atoms with Gasteiger partial charge in [0.05, 0.1) is 18.9 Å². The van der Waals surface area contributed by atoms with Crippen molar-refractivity contribution < 1.29 is 28.7 Å². The summed E-state index contributed by atoms with van der Waals surface area (Å²) in [5.41, 5.74) is 0.872. The summed E-state index contributed by atoms with van der Waals surface area (Å²) < 4.78 is 9.99. The van der Waals surface area contributed by atoms with Crippen LogP contribution in [0.3, 0.4) is 0 Å². The van der Waals surface area contributed by atoms with Gasteiger partial charge < -0.3 is 14.8 Å². The van der Waals surface area contributed by atoms with E-state index in [1.54, 1.807) is 19.2 Å². The van der Waals surface area contributed by atoms with E-state index in [-0.39, 0.29) is 30.2 Å². The van der Waals surface area contributed by atoms with Crippen molar-refractivity contribution in [3.63, 3.8) is 0 Å². The molecule has 1 aromatic rings. The summed E-state index contributed by atoms with van der Waals surface area (Å²) in [5.74, 6) is -1.71. The average Bonchev–Trinajstić information content (AvgIpc) is 2.96. The Hall–Kier alpha value is -2.90. The molecule has 3 amide bonds. The molecule has 3 rings (SSSR count). The molecule has 0 unspecified atom stereocenters. The minimum Gasteiger partial charge on any atom is -0.497 e. The first-order valence-corrected chi connectivity index (χ1v) is 9.40. The lowest BCUT2D eigenvalue weighted by Gasteiger charge is -2.19. The molecule has 8 heteroatoms. The zero-order valence-corrected chi connectivity index (χ0v) is 15.8. The van der Waals surface area contributed by atoms with Gasteiger partial charge in [-0.1, -0.05) is 25.0 Å². The van der Waals surface area contributed by atoms with Gasteiger partial charge in [0.2, 0.25) is 11.8 Å². The third-order valence-corrected chi connectivity index (χ3v) is 5.23. The van der Waals surface area contributed by atoms with Gasteiger partial charge in [-0.3, -0.25) is 24.1 Å². The summed E-state index contributed by atoms with van der Waals surface area (Å²) in [6, 6.07) is 7.19. The van der Waals surface area contributed by atoms with Crippen molar-refractivity contribution in [3.8, 4) is 5.75 Å². The topological polar surface area (TPSA) is 102 Å². The van der Waals surface area contributed by atoms with E-state index < -0.39 is 25.0 Å². The molecule has 1 heterocycles. The summed E-state index contributed by atoms with van der Waals surface area (Å²) in [7, 11) is 1.57. The molecule has 8 nitrogen and oxygen atoms in total. The molecular weight excluding hydrogens is 364 g/mol. The van der Waals surface area contributed by atoms with E-state index in [9.17, 15) is 19.2 Å². The highest BCUT2D eigenvalue weighted by molar-refractivity contribution is 6.07. The number of carbonyl (C=O) groups is 4. The quantitative estimate of drug-likeness (QED) is 0.553. The molecule has 0 spiro atoms. The van der Waals surface area contributed by atoms with E-state index >= 15 is 0 Å². The molecule has 0 bridgehead atoms. The fraction of sp³-hybridized carbons (Fsp3) is 0.500. The van der Waals surface area contributed by atoms with Crippen LogP contribution in [0.4, 0.5) is 0 Å². The van der Waals surface area contributed by atoms with Crippen molar-refractivity contribution in [2.75, 3.05) is 20.3 Å². The summed E-state index contributed by atoms with van der Waals surface area (Å²) >= 11 is 0. The Morgan fingerprint density at radius 3 is 2.25 bits per heavy atom. The van der Waals surface area contributed by atoms with Crippen molar-refractivity contribution >= 4 is 23.7 Å². The van der Waals surface area contributed by atoms with Crippen LogP contribution in [0.2, 0.25) is 0 Å². The van der Waals surface area contributed by atoms with Crippen LogP contribution in [0.1, 0.15) is 31.2 Å². The van der Waals surface area contributed by atoms with Crippen LogP contribution in [0.15, 0.2) is 24.3 Å². The predicted octanol–water partition coefficient (Wildman–Crippen LogP) is 1.03. The Morgan fingerprint density at radius 1 is 1.07 bits per heavy atom. The third kappa shape index (κ3) is 4.49. The van der Waals surface area contributed by atoms with Crippen molar-refractivity contribution in [2.45, 2.75) is 32.2 Å². The first kappa shape index (κ1) is 19.9. The molecule has 2 atom stereocenters. The van der Waals surface area contributed by atoms with E-state index in [1.165, 1.54) is 0 Å². The standard InChI is InChI=1S/C20H24N2O6/c1-27-14-8-6-13(7-9-14)10-21-17(23)12-28-18(24)11-22-19(25)15-4-2-3-5-16(15)20(22)26/h6-9,15-16H,2-5,10-12H2,1H3,(H,21,23)/t15-,16-/m0/s1. The van der Waals surface area contributed by atoms with Crippen LogP contribution in [-0.4, -0.2) is 48.9 Å². The maximum absolute atomic E-state index is 12.3. The van der Waals surface area contributed by atoms with Gasteiger partial charge in [-0.05, 0) is 30.5 Å². The number of nitrogens with zero attached hydrogens (tertiary/aromatic N) is 1. The highest BCUT2D eigenvalue weighted by atomic mass is 16.5. The minimum absolute atomic E-state index is 0.285. The van der Waals surface area contributed by atoms with E-state index in [4.69, 9.17) is 9.47 Å². The second kappa shape index (κ2) is 8.86. The Bertz CT molecular complexity index is 736. The highest BCUT2D eigenvalue weighted by Crippen LogP contribution is 2.37. The van der Waals surface area contributed by atoms with Gasteiger partial charge in [0.15, 0.2) is 6.61 Å². The molecule has 1 aliphatic carbocycles. The van der Waals surface area contributed by atoms with E-state index in [0.717, 1.165) is 29.1 Å². The van der Waals surface area contributed by atoms with Gasteiger partial charge in [-0.2, -0.15) is 0 Å². The van der Waals surface area contributed by atoms with Gasteiger partial charge in [-0.15, -0.1) is 0 Å². The van der Waals surface area contributed by atoms with Crippen molar-refractivity contribution in [1.82, 2.24) is 10.2 Å². The number of imide groups is 1. The first-order chi connectivity index (χ1) is 13.5. The molecule has 1 aromatic carbocycles. The maximum Gasteiger partial charge on any atom is 0.326 e. The number of methoxy groups -OCH3 is 1. The van der Waals surface area contributed by atoms with Crippen LogP contribution in [-0.2, 0) is 30.5 Å². The number of amides is 3. The van der Waals surface area contributed by atoms with Crippen molar-refractivity contribution in [2.24, 2.45) is 11.8 Å². The van der Waals surface area contributed by atoms with Crippen LogP contribution >= 0.6 is 0 Å². The summed E-state index contributed by atoms with van der Waals surface area (Å²) in [4.78, 5) is 49.5. The molecular formula is C20H24N2O6. The van der Waals surface area contributed by atoms with Gasteiger partial charge >= 0.3 is 5.97 Å². The number of rotatable bonds is 7. The summed E-state index contributed by atoms with van der Waals surface area (Å²) in [6.45, 7) is -0.610. The Balaban J connectivity index is 1.41. The largest absolute Gasteiger partial charge is 0.497 e. The van der Waals surface area contributed by atoms with Crippen LogP contribution in [0.5, 0.6) is 5.75 Å². The van der Waals surface area contributed by atoms with E-state index in [2.05, 4.69) is 5.32 Å². The Kier molecular flexibility index (Phi) is 6.28. The monoisotopic (exact) mass is 388 g/mol. The molecule has 28 heavy (non-hydrogen) atoms. The van der Waals surface area contributed by atoms with E-state index in [1.807, 2.05) is 12.1 Å². The lowest BCUT2D eigenvalue weighted by Crippen LogP contribution is -2.38. The second-order valence-corrected chi connectivity index (χ2v) is 7.05. The molecule has 2 aliphatic rings. The van der Waals surface area contributed by atoms with Crippen molar-refractivity contribution in [1.29, 1.82) is 0 Å². The number of esters is 1. The number of likely N-dealkylation sites (tertiary alicyclic amines) is 1. The van der Waals surface area contributed by atoms with E-state index in [0.29, 0.717) is 12.8 Å². The van der Waals surface area contributed by atoms with Gasteiger partial charge in [0.1, 0.15) is 12.3 Å². The lowest BCUT2D eigenvalue weighted by atomic mass is 9.81. The molecule has 1 aliphatic heterocycles. The zero-order valence-electron chi connectivity index (χ0n) is 15.8. The molecule has 1 saturated carbocycles. The number of hydrogen-bond donors (Lipinski definition) is 1. The molecule has 0 radical (unpaired) electrons. The number of benzene rings is 1. The van der Waals surface area contributed by atoms with Crippen LogP contribution in [0.25, 0.3) is 0 Å². The molecule has 1 saturated heterocycles. The predicted molar refractivity (Wildman–Crippen MR) is 98.0 cm³/mol.